The Morgan fingerprint density at radius 1 is 1.38 bits per heavy atom. The molecule has 1 aromatic carbocycles. The van der Waals surface area contributed by atoms with E-state index in [1.807, 2.05) is 13.0 Å². The average molecular weight is 289 g/mol. The van der Waals surface area contributed by atoms with Crippen LogP contribution in [0.3, 0.4) is 0 Å². The molecule has 1 fully saturated rings. The van der Waals surface area contributed by atoms with Crippen LogP contribution in [0.25, 0.3) is 0 Å². The number of benzene rings is 1. The number of nitrogens with zero attached hydrogens (tertiary/aromatic N) is 1. The Labute approximate surface area is 127 Å². The van der Waals surface area contributed by atoms with Gasteiger partial charge in [0.05, 0.1) is 0 Å². The Balaban J connectivity index is 1.98. The zero-order chi connectivity index (χ0) is 15.2. The van der Waals surface area contributed by atoms with Gasteiger partial charge >= 0.3 is 0 Å². The summed E-state index contributed by atoms with van der Waals surface area (Å²) in [5, 5.41) is 3.04. The fraction of sp³-hybridized carbons (Fsp3) is 0.588. The molecule has 1 heterocycles. The molecule has 0 radical (unpaired) electrons. The summed E-state index contributed by atoms with van der Waals surface area (Å²) in [5.74, 6) is 0.0895. The van der Waals surface area contributed by atoms with Gasteiger partial charge in [0, 0.05) is 30.4 Å². The maximum absolute atomic E-state index is 12.1. The van der Waals surface area contributed by atoms with Crippen molar-refractivity contribution in [2.45, 2.75) is 39.5 Å². The molecule has 4 heteroatoms. The molecule has 1 amide bonds. The Hall–Kier alpha value is -1.55. The van der Waals surface area contributed by atoms with Crippen LogP contribution in [-0.4, -0.2) is 25.5 Å². The lowest BCUT2D eigenvalue weighted by Gasteiger charge is -2.20. The highest BCUT2D eigenvalue weighted by molar-refractivity contribution is 5.93. The number of hydrogen-bond donors (Lipinski definition) is 2. The number of nitrogens with one attached hydrogen (secondary N) is 1. The number of aryl methyl sites for hydroxylation is 1. The van der Waals surface area contributed by atoms with Crippen LogP contribution in [0, 0.1) is 12.8 Å². The third kappa shape index (κ3) is 4.21. The van der Waals surface area contributed by atoms with Crippen molar-refractivity contribution >= 4 is 17.3 Å². The van der Waals surface area contributed by atoms with Gasteiger partial charge in [-0.25, -0.2) is 0 Å². The van der Waals surface area contributed by atoms with E-state index in [9.17, 15) is 4.79 Å². The van der Waals surface area contributed by atoms with Crippen LogP contribution in [0.2, 0.25) is 0 Å². The molecular formula is C17H27N3O. The first-order chi connectivity index (χ1) is 10.1. The topological polar surface area (TPSA) is 58.4 Å². The lowest BCUT2D eigenvalue weighted by molar-refractivity contribution is -0.119. The minimum atomic E-state index is 0.00575. The SMILES string of the molecule is Cc1cc(N2CCCC2)ccc1NC(=O)C(C)CCCN. The van der Waals surface area contributed by atoms with Crippen LogP contribution >= 0.6 is 0 Å². The van der Waals surface area contributed by atoms with E-state index in [1.165, 1.54) is 18.5 Å². The number of carbonyl (C=O) groups is 1. The van der Waals surface area contributed by atoms with Crippen LogP contribution in [0.15, 0.2) is 18.2 Å². The molecule has 1 atom stereocenters. The van der Waals surface area contributed by atoms with Crippen molar-refractivity contribution in [3.63, 3.8) is 0 Å². The standard InChI is InChI=1S/C17H27N3O/c1-13(6-5-9-18)17(21)19-16-8-7-15(12-14(16)2)20-10-3-4-11-20/h7-8,12-13H,3-6,9-11,18H2,1-2H3,(H,19,21). The Morgan fingerprint density at radius 2 is 2.10 bits per heavy atom. The largest absolute Gasteiger partial charge is 0.372 e. The van der Waals surface area contributed by atoms with Crippen molar-refractivity contribution in [1.82, 2.24) is 0 Å². The highest BCUT2D eigenvalue weighted by atomic mass is 16.1. The fourth-order valence-electron chi connectivity index (χ4n) is 2.77. The van der Waals surface area contributed by atoms with E-state index < -0.39 is 0 Å². The molecule has 1 unspecified atom stereocenters. The van der Waals surface area contributed by atoms with Gasteiger partial charge in [-0.2, -0.15) is 0 Å². The monoisotopic (exact) mass is 289 g/mol. The van der Waals surface area contributed by atoms with Crippen LogP contribution in [0.5, 0.6) is 0 Å². The van der Waals surface area contributed by atoms with E-state index in [0.717, 1.165) is 37.2 Å². The molecule has 1 saturated heterocycles. The maximum Gasteiger partial charge on any atom is 0.227 e. The number of anilines is 2. The molecular weight excluding hydrogens is 262 g/mol. The summed E-state index contributed by atoms with van der Waals surface area (Å²) in [7, 11) is 0. The van der Waals surface area contributed by atoms with Crippen molar-refractivity contribution in [2.75, 3.05) is 29.9 Å². The average Bonchev–Trinajstić information content (AvgIpc) is 3.00. The quantitative estimate of drug-likeness (QED) is 0.846. The van der Waals surface area contributed by atoms with Gasteiger partial charge in [-0.15, -0.1) is 0 Å². The molecule has 3 N–H and O–H groups in total. The van der Waals surface area contributed by atoms with Gasteiger partial charge in [-0.05, 0) is 62.9 Å². The molecule has 0 saturated carbocycles. The van der Waals surface area contributed by atoms with Crippen molar-refractivity contribution in [1.29, 1.82) is 0 Å². The van der Waals surface area contributed by atoms with Gasteiger partial charge in [0.15, 0.2) is 0 Å². The van der Waals surface area contributed by atoms with Gasteiger partial charge in [-0.1, -0.05) is 6.92 Å². The summed E-state index contributed by atoms with van der Waals surface area (Å²) in [6.07, 6.45) is 4.28. The highest BCUT2D eigenvalue weighted by Crippen LogP contribution is 2.26. The van der Waals surface area contributed by atoms with Gasteiger partial charge in [0.1, 0.15) is 0 Å². The van der Waals surface area contributed by atoms with Gasteiger partial charge in [-0.3, -0.25) is 4.79 Å². The second-order valence-electron chi connectivity index (χ2n) is 6.01. The molecule has 0 bridgehead atoms. The minimum Gasteiger partial charge on any atom is -0.372 e. The Morgan fingerprint density at radius 3 is 2.71 bits per heavy atom. The fourth-order valence-corrected chi connectivity index (χ4v) is 2.77. The van der Waals surface area contributed by atoms with Gasteiger partial charge in [0.25, 0.3) is 0 Å². The summed E-state index contributed by atoms with van der Waals surface area (Å²) < 4.78 is 0. The first-order valence-corrected chi connectivity index (χ1v) is 7.98. The molecule has 1 aliphatic rings. The number of hydrogen-bond acceptors (Lipinski definition) is 3. The summed E-state index contributed by atoms with van der Waals surface area (Å²) in [4.78, 5) is 14.6. The van der Waals surface area contributed by atoms with Crippen molar-refractivity contribution in [3.8, 4) is 0 Å². The van der Waals surface area contributed by atoms with E-state index in [0.29, 0.717) is 6.54 Å². The third-order valence-corrected chi connectivity index (χ3v) is 4.23. The van der Waals surface area contributed by atoms with E-state index in [4.69, 9.17) is 5.73 Å². The molecule has 1 aromatic rings. The summed E-state index contributed by atoms with van der Waals surface area (Å²) in [6, 6.07) is 6.31. The van der Waals surface area contributed by atoms with Gasteiger partial charge < -0.3 is 16.0 Å². The van der Waals surface area contributed by atoms with Crippen molar-refractivity contribution in [3.05, 3.63) is 23.8 Å². The van der Waals surface area contributed by atoms with Crippen LogP contribution in [0.4, 0.5) is 11.4 Å². The van der Waals surface area contributed by atoms with Crippen LogP contribution < -0.4 is 16.0 Å². The molecule has 0 spiro atoms. The summed E-state index contributed by atoms with van der Waals surface area (Å²) in [6.45, 7) is 6.93. The van der Waals surface area contributed by atoms with Crippen LogP contribution in [-0.2, 0) is 4.79 Å². The number of nitrogens with two attached hydrogens (primary N) is 1. The molecule has 0 aromatic heterocycles. The lowest BCUT2D eigenvalue weighted by Crippen LogP contribution is -2.22. The normalized spacial score (nSPS) is 16.0. The predicted octanol–water partition coefficient (Wildman–Crippen LogP) is 2.91. The number of amides is 1. The second-order valence-corrected chi connectivity index (χ2v) is 6.01. The second kappa shape index (κ2) is 7.46. The Kier molecular flexibility index (Phi) is 5.62. The van der Waals surface area contributed by atoms with E-state index in [1.54, 1.807) is 0 Å². The Bertz CT molecular complexity index is 481. The van der Waals surface area contributed by atoms with E-state index in [-0.39, 0.29) is 11.8 Å². The molecule has 21 heavy (non-hydrogen) atoms. The van der Waals surface area contributed by atoms with Crippen molar-refractivity contribution < 1.29 is 4.79 Å². The zero-order valence-corrected chi connectivity index (χ0v) is 13.2. The first kappa shape index (κ1) is 15.8. The maximum atomic E-state index is 12.1. The van der Waals surface area contributed by atoms with E-state index >= 15 is 0 Å². The molecule has 2 rings (SSSR count). The number of carbonyl (C=O) groups excluding carboxylic acids is 1. The van der Waals surface area contributed by atoms with Gasteiger partial charge in [0.2, 0.25) is 5.91 Å². The number of rotatable bonds is 6. The summed E-state index contributed by atoms with van der Waals surface area (Å²) >= 11 is 0. The molecule has 1 aliphatic heterocycles. The highest BCUT2D eigenvalue weighted by Gasteiger charge is 2.15. The molecule has 116 valence electrons. The summed E-state index contributed by atoms with van der Waals surface area (Å²) in [5.41, 5.74) is 8.80. The molecule has 0 aliphatic carbocycles. The zero-order valence-electron chi connectivity index (χ0n) is 13.2. The minimum absolute atomic E-state index is 0.00575. The van der Waals surface area contributed by atoms with Crippen LogP contribution in [0.1, 0.15) is 38.2 Å². The first-order valence-electron chi connectivity index (χ1n) is 7.98. The van der Waals surface area contributed by atoms with E-state index in [2.05, 4.69) is 29.3 Å². The van der Waals surface area contributed by atoms with Crippen molar-refractivity contribution in [2.24, 2.45) is 11.7 Å². The third-order valence-electron chi connectivity index (χ3n) is 4.23. The smallest absolute Gasteiger partial charge is 0.227 e. The molecule has 4 nitrogen and oxygen atoms in total. The lowest BCUT2D eigenvalue weighted by atomic mass is 10.0. The predicted molar refractivity (Wildman–Crippen MR) is 88.7 cm³/mol.